The van der Waals surface area contributed by atoms with Crippen LogP contribution < -0.4 is 0 Å². The predicted molar refractivity (Wildman–Crippen MR) is 81.1 cm³/mol. The van der Waals surface area contributed by atoms with Crippen LogP contribution in [-0.2, 0) is 9.84 Å². The Kier molecular flexibility index (Phi) is 6.29. The van der Waals surface area contributed by atoms with Crippen molar-refractivity contribution in [2.45, 2.75) is 56.6 Å². The Hall–Kier alpha value is -1.09. The molecular formula is C16H24O2S. The van der Waals surface area contributed by atoms with E-state index < -0.39 is 15.1 Å². The fourth-order valence-electron chi connectivity index (χ4n) is 2.02. The highest BCUT2D eigenvalue weighted by Crippen LogP contribution is 2.21. The molecule has 0 N–H and O–H groups in total. The van der Waals surface area contributed by atoms with Gasteiger partial charge in [0.15, 0.2) is 9.84 Å². The molecule has 3 heteroatoms. The van der Waals surface area contributed by atoms with Crippen LogP contribution in [0.5, 0.6) is 0 Å². The first-order valence-electron chi connectivity index (χ1n) is 6.99. The normalized spacial score (nSPS) is 13.8. The van der Waals surface area contributed by atoms with Gasteiger partial charge in [-0.3, -0.25) is 0 Å². The number of sulfone groups is 1. The van der Waals surface area contributed by atoms with Gasteiger partial charge >= 0.3 is 0 Å². The first kappa shape index (κ1) is 16.0. The maximum atomic E-state index is 12.6. The summed E-state index contributed by atoms with van der Waals surface area (Å²) in [7, 11) is -3.25. The van der Waals surface area contributed by atoms with E-state index in [0.29, 0.717) is 11.3 Å². The first-order valence-corrected chi connectivity index (χ1v) is 8.54. The highest BCUT2D eigenvalue weighted by molar-refractivity contribution is 7.92. The molecule has 19 heavy (non-hydrogen) atoms. The number of unbranched alkanes of at least 4 members (excludes halogenated alkanes) is 1. The quantitative estimate of drug-likeness (QED) is 0.698. The van der Waals surface area contributed by atoms with Crippen molar-refractivity contribution in [3.05, 3.63) is 42.0 Å². The Labute approximate surface area is 117 Å². The molecule has 106 valence electrons. The largest absolute Gasteiger partial charge is 0.223 e. The molecular weight excluding hydrogens is 256 g/mol. The Morgan fingerprint density at radius 2 is 1.95 bits per heavy atom. The second kappa shape index (κ2) is 7.49. The predicted octanol–water partition coefficient (Wildman–Crippen LogP) is 4.29. The van der Waals surface area contributed by atoms with E-state index in [1.165, 1.54) is 0 Å². The van der Waals surface area contributed by atoms with Crippen LogP contribution in [-0.4, -0.2) is 13.7 Å². The third-order valence-corrected chi connectivity index (χ3v) is 5.20. The van der Waals surface area contributed by atoms with Crippen LogP contribution in [0.2, 0.25) is 0 Å². The van der Waals surface area contributed by atoms with Crippen LogP contribution in [0.4, 0.5) is 0 Å². The van der Waals surface area contributed by atoms with E-state index >= 15 is 0 Å². The summed E-state index contributed by atoms with van der Waals surface area (Å²) < 4.78 is 25.2. The van der Waals surface area contributed by atoms with Gasteiger partial charge in [-0.25, -0.2) is 8.42 Å². The van der Waals surface area contributed by atoms with Gasteiger partial charge in [0.2, 0.25) is 0 Å². The number of rotatable bonds is 7. The van der Waals surface area contributed by atoms with Crippen LogP contribution in [0, 0.1) is 6.92 Å². The molecule has 1 aromatic rings. The van der Waals surface area contributed by atoms with Gasteiger partial charge in [0.25, 0.3) is 0 Å². The lowest BCUT2D eigenvalue weighted by Gasteiger charge is -2.14. The van der Waals surface area contributed by atoms with Crippen LogP contribution in [0.3, 0.4) is 0 Å². The minimum absolute atomic E-state index is 0.397. The Morgan fingerprint density at radius 1 is 1.21 bits per heavy atom. The van der Waals surface area contributed by atoms with Crippen molar-refractivity contribution in [2.24, 2.45) is 0 Å². The minimum atomic E-state index is -3.25. The number of hydrogen-bond acceptors (Lipinski definition) is 2. The number of benzene rings is 1. The summed E-state index contributed by atoms with van der Waals surface area (Å²) in [6.45, 7) is 6.03. The zero-order valence-electron chi connectivity index (χ0n) is 12.1. The summed E-state index contributed by atoms with van der Waals surface area (Å²) in [6.07, 6.45) is 7.38. The van der Waals surface area contributed by atoms with Crippen molar-refractivity contribution in [1.82, 2.24) is 0 Å². The van der Waals surface area contributed by atoms with E-state index in [1.807, 2.05) is 32.1 Å². The molecule has 0 aliphatic heterocycles. The van der Waals surface area contributed by atoms with Crippen molar-refractivity contribution in [3.63, 3.8) is 0 Å². The second-order valence-corrected chi connectivity index (χ2v) is 7.07. The molecule has 0 aromatic heterocycles. The summed E-state index contributed by atoms with van der Waals surface area (Å²) in [5.41, 5.74) is 0.980. The third kappa shape index (κ3) is 4.50. The molecule has 2 nitrogen and oxygen atoms in total. The molecule has 0 saturated carbocycles. The van der Waals surface area contributed by atoms with Crippen LogP contribution in [0.25, 0.3) is 0 Å². The number of allylic oxidation sites excluding steroid dienone is 1. The maximum absolute atomic E-state index is 12.6. The van der Waals surface area contributed by atoms with Gasteiger partial charge in [-0.15, -0.1) is 0 Å². The molecule has 0 spiro atoms. The summed E-state index contributed by atoms with van der Waals surface area (Å²) in [6, 6.07) is 7.17. The third-order valence-electron chi connectivity index (χ3n) is 3.10. The fraction of sp³-hybridized carbons (Fsp3) is 0.500. The molecule has 1 atom stereocenters. The molecule has 0 aliphatic rings. The zero-order chi connectivity index (χ0) is 14.3. The van der Waals surface area contributed by atoms with E-state index in [4.69, 9.17) is 0 Å². The highest BCUT2D eigenvalue weighted by Gasteiger charge is 2.24. The van der Waals surface area contributed by atoms with Gasteiger partial charge in [-0.2, -0.15) is 0 Å². The average Bonchev–Trinajstić information content (AvgIpc) is 2.38. The SMILES string of the molecule is CCC/C=C\C(CCC)S(=O)(=O)c1cccc(C)c1. The number of hydrogen-bond donors (Lipinski definition) is 0. The summed E-state index contributed by atoms with van der Waals surface area (Å²) in [4.78, 5) is 0.437. The molecule has 1 aromatic carbocycles. The zero-order valence-corrected chi connectivity index (χ0v) is 12.9. The molecule has 0 fully saturated rings. The van der Waals surface area contributed by atoms with E-state index in [-0.39, 0.29) is 0 Å². The smallest absolute Gasteiger partial charge is 0.184 e. The minimum Gasteiger partial charge on any atom is -0.223 e. The van der Waals surface area contributed by atoms with Gasteiger partial charge in [0, 0.05) is 0 Å². The topological polar surface area (TPSA) is 34.1 Å². The Balaban J connectivity index is 3.05. The first-order chi connectivity index (χ1) is 9.02. The molecule has 0 heterocycles. The average molecular weight is 280 g/mol. The molecule has 0 amide bonds. The highest BCUT2D eigenvalue weighted by atomic mass is 32.2. The summed E-state index contributed by atoms with van der Waals surface area (Å²) >= 11 is 0. The van der Waals surface area contributed by atoms with Gasteiger partial charge in [-0.1, -0.05) is 51.0 Å². The van der Waals surface area contributed by atoms with E-state index in [9.17, 15) is 8.42 Å². The Morgan fingerprint density at radius 3 is 2.53 bits per heavy atom. The van der Waals surface area contributed by atoms with Crippen LogP contribution >= 0.6 is 0 Å². The maximum Gasteiger partial charge on any atom is 0.184 e. The molecule has 0 saturated heterocycles. The van der Waals surface area contributed by atoms with Gasteiger partial charge in [0.05, 0.1) is 10.1 Å². The van der Waals surface area contributed by atoms with Gasteiger partial charge in [-0.05, 0) is 37.5 Å². The van der Waals surface area contributed by atoms with Crippen molar-refractivity contribution in [2.75, 3.05) is 0 Å². The second-order valence-electron chi connectivity index (χ2n) is 4.91. The fourth-order valence-corrected chi connectivity index (χ4v) is 3.85. The number of aryl methyl sites for hydroxylation is 1. The van der Waals surface area contributed by atoms with E-state index in [0.717, 1.165) is 24.8 Å². The van der Waals surface area contributed by atoms with Crippen molar-refractivity contribution >= 4 is 9.84 Å². The van der Waals surface area contributed by atoms with Crippen molar-refractivity contribution < 1.29 is 8.42 Å². The monoisotopic (exact) mass is 280 g/mol. The lowest BCUT2D eigenvalue weighted by Crippen LogP contribution is -2.19. The van der Waals surface area contributed by atoms with Crippen molar-refractivity contribution in [3.8, 4) is 0 Å². The van der Waals surface area contributed by atoms with Crippen LogP contribution in [0.1, 0.15) is 45.1 Å². The lowest BCUT2D eigenvalue weighted by molar-refractivity contribution is 0.582. The molecule has 0 aliphatic carbocycles. The molecule has 0 radical (unpaired) electrons. The van der Waals surface area contributed by atoms with Crippen molar-refractivity contribution in [1.29, 1.82) is 0 Å². The lowest BCUT2D eigenvalue weighted by atomic mass is 10.2. The standard InChI is InChI=1S/C16H24O2S/c1-4-6-7-11-15(9-5-2)19(17,18)16-12-8-10-14(3)13-16/h7-8,10-13,15H,4-6,9H2,1-3H3/b11-7-. The Bertz CT molecular complexity index is 515. The van der Waals surface area contributed by atoms with Crippen LogP contribution in [0.15, 0.2) is 41.3 Å². The van der Waals surface area contributed by atoms with E-state index in [1.54, 1.807) is 18.2 Å². The van der Waals surface area contributed by atoms with E-state index in [2.05, 4.69) is 6.92 Å². The van der Waals surface area contributed by atoms with Gasteiger partial charge in [0.1, 0.15) is 0 Å². The van der Waals surface area contributed by atoms with Gasteiger partial charge < -0.3 is 0 Å². The molecule has 1 rings (SSSR count). The molecule has 0 bridgehead atoms. The molecule has 1 unspecified atom stereocenters. The summed E-state index contributed by atoms with van der Waals surface area (Å²) in [5, 5.41) is -0.397. The summed E-state index contributed by atoms with van der Waals surface area (Å²) in [5.74, 6) is 0.